The van der Waals surface area contributed by atoms with Crippen LogP contribution in [-0.2, 0) is 9.53 Å². The molecule has 0 saturated heterocycles. The lowest BCUT2D eigenvalue weighted by molar-refractivity contribution is -0.105. The average Bonchev–Trinajstić information content (AvgIpc) is 3.20. The summed E-state index contributed by atoms with van der Waals surface area (Å²) in [6.07, 6.45) is 1.72. The summed E-state index contributed by atoms with van der Waals surface area (Å²) in [4.78, 5) is 20.8. The lowest BCUT2D eigenvalue weighted by atomic mass is 10.2. The molecule has 0 fully saturated rings. The van der Waals surface area contributed by atoms with Crippen molar-refractivity contribution in [3.05, 3.63) is 54.5 Å². The van der Waals surface area contributed by atoms with Crippen LogP contribution < -0.4 is 25.6 Å². The highest BCUT2D eigenvalue weighted by Gasteiger charge is 2.25. The smallest absolute Gasteiger partial charge is 0.229 e. The largest absolute Gasteiger partial charge is 0.491 e. The molecule has 0 spiro atoms. The van der Waals surface area contributed by atoms with Crippen LogP contribution in [0.25, 0.3) is 0 Å². The quantitative estimate of drug-likeness (QED) is 0.355. The fourth-order valence-corrected chi connectivity index (χ4v) is 3.11. The van der Waals surface area contributed by atoms with Crippen molar-refractivity contribution in [1.29, 1.82) is 0 Å². The Morgan fingerprint density at radius 2 is 2.00 bits per heavy atom. The van der Waals surface area contributed by atoms with Crippen molar-refractivity contribution < 1.29 is 18.7 Å². The van der Waals surface area contributed by atoms with Crippen molar-refractivity contribution in [2.75, 3.05) is 47.8 Å². The highest BCUT2D eigenvalue weighted by molar-refractivity contribution is 5.85. The summed E-state index contributed by atoms with van der Waals surface area (Å²) < 4.78 is 25.1. The van der Waals surface area contributed by atoms with Gasteiger partial charge >= 0.3 is 0 Å². The summed E-state index contributed by atoms with van der Waals surface area (Å²) in [6, 6.07) is 12.6. The first kappa shape index (κ1) is 20.4. The van der Waals surface area contributed by atoms with Gasteiger partial charge < -0.3 is 30.3 Å². The predicted molar refractivity (Wildman–Crippen MR) is 116 cm³/mol. The summed E-state index contributed by atoms with van der Waals surface area (Å²) in [5.41, 5.74) is 2.85. The van der Waals surface area contributed by atoms with Crippen LogP contribution in [0.2, 0.25) is 0 Å². The molecule has 160 valence electrons. The molecule has 31 heavy (non-hydrogen) atoms. The molecule has 0 radical (unpaired) electrons. The Labute approximate surface area is 178 Å². The molecular formula is C21H21FN6O3. The van der Waals surface area contributed by atoms with Crippen LogP contribution >= 0.6 is 0 Å². The molecule has 4 rings (SSSR count). The van der Waals surface area contributed by atoms with E-state index in [1.807, 2.05) is 30.3 Å². The summed E-state index contributed by atoms with van der Waals surface area (Å²) in [5, 5.41) is 8.85. The third-order valence-corrected chi connectivity index (χ3v) is 4.59. The Morgan fingerprint density at radius 3 is 2.77 bits per heavy atom. The molecular weight excluding hydrogens is 403 g/mol. The number of fused-ring (bicyclic) bond motifs is 1. The van der Waals surface area contributed by atoms with Gasteiger partial charge in [-0.1, -0.05) is 0 Å². The first-order valence-electron chi connectivity index (χ1n) is 9.55. The van der Waals surface area contributed by atoms with Crippen LogP contribution in [0.5, 0.6) is 5.75 Å². The van der Waals surface area contributed by atoms with Crippen molar-refractivity contribution >= 4 is 40.9 Å². The fraction of sp³-hybridized carbons (Fsp3) is 0.190. The molecule has 1 aromatic heterocycles. The normalized spacial score (nSPS) is 12.1. The summed E-state index contributed by atoms with van der Waals surface area (Å²) in [6.45, 7) is 1.30. The number of halogens is 1. The van der Waals surface area contributed by atoms with Gasteiger partial charge in [-0.3, -0.25) is 4.79 Å². The highest BCUT2D eigenvalue weighted by atomic mass is 19.1. The number of aromatic nitrogens is 2. The van der Waals surface area contributed by atoms with E-state index in [1.165, 1.54) is 0 Å². The zero-order valence-corrected chi connectivity index (χ0v) is 16.8. The second-order valence-corrected chi connectivity index (χ2v) is 6.61. The molecule has 1 amide bonds. The SMILES string of the molecule is COCCOc1ccc(Nc2ncc(F)c(N3CNc4ccc(NC=O)cc43)n2)cc1. The van der Waals surface area contributed by atoms with Crippen LogP contribution in [0.15, 0.2) is 48.7 Å². The van der Waals surface area contributed by atoms with Gasteiger partial charge in [-0.05, 0) is 42.5 Å². The second-order valence-electron chi connectivity index (χ2n) is 6.61. The molecule has 0 bridgehead atoms. The van der Waals surface area contributed by atoms with Crippen LogP contribution in [0, 0.1) is 5.82 Å². The van der Waals surface area contributed by atoms with Crippen molar-refractivity contribution in [2.24, 2.45) is 0 Å². The van der Waals surface area contributed by atoms with E-state index in [9.17, 15) is 9.18 Å². The molecule has 9 nitrogen and oxygen atoms in total. The highest BCUT2D eigenvalue weighted by Crippen LogP contribution is 2.39. The number of carbonyl (C=O) groups excluding carboxylic acids is 1. The number of rotatable bonds is 9. The first-order chi connectivity index (χ1) is 15.2. The lowest BCUT2D eigenvalue weighted by Gasteiger charge is -2.18. The van der Waals surface area contributed by atoms with Crippen LogP contribution in [0.4, 0.5) is 38.9 Å². The minimum Gasteiger partial charge on any atom is -0.491 e. The zero-order valence-electron chi connectivity index (χ0n) is 16.8. The number of nitrogens with one attached hydrogen (secondary N) is 3. The fourth-order valence-electron chi connectivity index (χ4n) is 3.11. The van der Waals surface area contributed by atoms with E-state index < -0.39 is 5.82 Å². The Balaban J connectivity index is 1.52. The van der Waals surface area contributed by atoms with Gasteiger partial charge in [0.15, 0.2) is 11.6 Å². The van der Waals surface area contributed by atoms with Crippen LogP contribution in [0.1, 0.15) is 0 Å². The maximum absolute atomic E-state index is 14.6. The summed E-state index contributed by atoms with van der Waals surface area (Å²) >= 11 is 0. The first-order valence-corrected chi connectivity index (χ1v) is 9.55. The molecule has 0 saturated carbocycles. The molecule has 3 aromatic rings. The molecule has 2 heterocycles. The molecule has 3 N–H and O–H groups in total. The van der Waals surface area contributed by atoms with Crippen LogP contribution in [0.3, 0.4) is 0 Å². The van der Waals surface area contributed by atoms with E-state index >= 15 is 0 Å². The van der Waals surface area contributed by atoms with E-state index in [2.05, 4.69) is 25.9 Å². The number of anilines is 6. The topological polar surface area (TPSA) is 101 Å². The van der Waals surface area contributed by atoms with E-state index in [-0.39, 0.29) is 11.8 Å². The van der Waals surface area contributed by atoms with Gasteiger partial charge in [0, 0.05) is 18.5 Å². The summed E-state index contributed by atoms with van der Waals surface area (Å²) in [7, 11) is 1.62. The third kappa shape index (κ3) is 4.64. The minimum atomic E-state index is -0.559. The Kier molecular flexibility index (Phi) is 6.08. The molecule has 0 unspecified atom stereocenters. The van der Waals surface area contributed by atoms with E-state index in [0.29, 0.717) is 43.4 Å². The Morgan fingerprint density at radius 1 is 1.19 bits per heavy atom. The number of hydrogen-bond acceptors (Lipinski definition) is 8. The number of carbonyl (C=O) groups is 1. The van der Waals surface area contributed by atoms with E-state index in [1.54, 1.807) is 24.1 Å². The molecule has 1 aliphatic rings. The zero-order chi connectivity index (χ0) is 21.6. The molecule has 0 aliphatic carbocycles. The van der Waals surface area contributed by atoms with Gasteiger partial charge in [0.1, 0.15) is 12.4 Å². The van der Waals surface area contributed by atoms with Gasteiger partial charge in [-0.15, -0.1) is 0 Å². The molecule has 1 aliphatic heterocycles. The van der Waals surface area contributed by atoms with Crippen molar-refractivity contribution in [3.63, 3.8) is 0 Å². The van der Waals surface area contributed by atoms with Gasteiger partial charge in [0.2, 0.25) is 12.4 Å². The van der Waals surface area contributed by atoms with Crippen LogP contribution in [-0.4, -0.2) is 43.4 Å². The van der Waals surface area contributed by atoms with Gasteiger partial charge in [-0.25, -0.2) is 9.37 Å². The van der Waals surface area contributed by atoms with Gasteiger partial charge in [0.05, 0.1) is 30.8 Å². The van der Waals surface area contributed by atoms with Crippen molar-refractivity contribution in [2.45, 2.75) is 0 Å². The van der Waals surface area contributed by atoms with Gasteiger partial charge in [0.25, 0.3) is 0 Å². The maximum atomic E-state index is 14.6. The van der Waals surface area contributed by atoms with Crippen molar-refractivity contribution in [1.82, 2.24) is 9.97 Å². The number of hydrogen-bond donors (Lipinski definition) is 3. The number of benzene rings is 2. The standard InChI is InChI=1S/C21H21FN6O3/c1-30-8-9-31-16-5-2-14(3-6-16)26-21-23-11-17(22)20(27-21)28-12-24-18-7-4-15(25-13-29)10-19(18)28/h2-7,10-11,13,24H,8-9,12H2,1H3,(H,25,29)(H,23,26,27). The monoisotopic (exact) mass is 424 g/mol. The molecule has 0 atom stereocenters. The van der Waals surface area contributed by atoms with E-state index in [4.69, 9.17) is 9.47 Å². The average molecular weight is 424 g/mol. The molecule has 2 aromatic carbocycles. The number of methoxy groups -OCH3 is 1. The third-order valence-electron chi connectivity index (χ3n) is 4.59. The second kappa shape index (κ2) is 9.26. The Hall–Kier alpha value is -3.92. The minimum absolute atomic E-state index is 0.117. The Bertz CT molecular complexity index is 1060. The summed E-state index contributed by atoms with van der Waals surface area (Å²) in [5.74, 6) is 0.519. The number of ether oxygens (including phenoxy) is 2. The predicted octanol–water partition coefficient (Wildman–Crippen LogP) is 3.47. The maximum Gasteiger partial charge on any atom is 0.229 e. The van der Waals surface area contributed by atoms with E-state index in [0.717, 1.165) is 17.6 Å². The van der Waals surface area contributed by atoms with Crippen molar-refractivity contribution in [3.8, 4) is 5.75 Å². The number of nitrogens with zero attached hydrogens (tertiary/aromatic N) is 3. The number of amides is 1. The molecule has 10 heteroatoms. The van der Waals surface area contributed by atoms with Gasteiger partial charge in [-0.2, -0.15) is 4.98 Å². The lowest BCUT2D eigenvalue weighted by Crippen LogP contribution is -2.20.